The van der Waals surface area contributed by atoms with Gasteiger partial charge in [0.05, 0.1) is 17.8 Å². The second kappa shape index (κ2) is 6.36. The number of aliphatic hydroxyl groups is 1. The molecule has 3 unspecified atom stereocenters. The summed E-state index contributed by atoms with van der Waals surface area (Å²) in [6.45, 7) is 4.93. The van der Waals surface area contributed by atoms with Crippen LogP contribution in [0.1, 0.15) is 65.2 Å². The number of hydrogen-bond acceptors (Lipinski definition) is 3. The van der Waals surface area contributed by atoms with E-state index in [0.29, 0.717) is 12.1 Å². The van der Waals surface area contributed by atoms with Crippen LogP contribution in [0.4, 0.5) is 0 Å². The fourth-order valence-electron chi connectivity index (χ4n) is 3.53. The molecule has 2 N–H and O–H groups in total. The first kappa shape index (κ1) is 14.3. The SMILES string of the molecule is CC(O)CC(C)NCC1CCC2(CCCCC2)O1. The Kier molecular flexibility index (Phi) is 5.05. The van der Waals surface area contributed by atoms with Crippen LogP contribution >= 0.6 is 0 Å². The number of rotatable bonds is 5. The van der Waals surface area contributed by atoms with Crippen molar-refractivity contribution in [3.63, 3.8) is 0 Å². The van der Waals surface area contributed by atoms with Crippen LogP contribution in [0.3, 0.4) is 0 Å². The molecule has 2 aliphatic rings. The zero-order valence-electron chi connectivity index (χ0n) is 12.0. The number of ether oxygens (including phenoxy) is 1. The van der Waals surface area contributed by atoms with Gasteiger partial charge in [0.2, 0.25) is 0 Å². The molecule has 106 valence electrons. The molecule has 0 amide bonds. The highest BCUT2D eigenvalue weighted by Gasteiger charge is 2.40. The summed E-state index contributed by atoms with van der Waals surface area (Å²) in [5, 5.41) is 12.8. The molecule has 3 heteroatoms. The minimum absolute atomic E-state index is 0.221. The van der Waals surface area contributed by atoms with Crippen molar-refractivity contribution in [2.45, 2.75) is 89.1 Å². The van der Waals surface area contributed by atoms with Crippen LogP contribution in [0.15, 0.2) is 0 Å². The molecule has 2 fully saturated rings. The van der Waals surface area contributed by atoms with Gasteiger partial charge in [-0.05, 0) is 46.0 Å². The van der Waals surface area contributed by atoms with E-state index < -0.39 is 0 Å². The Morgan fingerprint density at radius 1 is 1.22 bits per heavy atom. The molecule has 0 bridgehead atoms. The zero-order chi connectivity index (χ0) is 13.0. The zero-order valence-corrected chi connectivity index (χ0v) is 12.0. The van der Waals surface area contributed by atoms with Crippen LogP contribution in [0, 0.1) is 0 Å². The van der Waals surface area contributed by atoms with Gasteiger partial charge in [-0.25, -0.2) is 0 Å². The fraction of sp³-hybridized carbons (Fsp3) is 1.00. The van der Waals surface area contributed by atoms with E-state index in [1.54, 1.807) is 0 Å². The third-order valence-electron chi connectivity index (χ3n) is 4.49. The van der Waals surface area contributed by atoms with Crippen molar-refractivity contribution in [2.24, 2.45) is 0 Å². The summed E-state index contributed by atoms with van der Waals surface area (Å²) in [4.78, 5) is 0. The Hall–Kier alpha value is -0.120. The number of aliphatic hydroxyl groups excluding tert-OH is 1. The quantitative estimate of drug-likeness (QED) is 0.793. The third-order valence-corrected chi connectivity index (χ3v) is 4.49. The van der Waals surface area contributed by atoms with E-state index in [1.165, 1.54) is 44.9 Å². The summed E-state index contributed by atoms with van der Waals surface area (Å²) in [6.07, 6.45) is 10.1. The molecule has 0 aromatic heterocycles. The molecule has 1 heterocycles. The van der Waals surface area contributed by atoms with Crippen molar-refractivity contribution in [3.05, 3.63) is 0 Å². The van der Waals surface area contributed by atoms with Gasteiger partial charge in [0.1, 0.15) is 0 Å². The molecule has 3 atom stereocenters. The molecule has 1 saturated carbocycles. The third kappa shape index (κ3) is 3.94. The molecule has 18 heavy (non-hydrogen) atoms. The average molecular weight is 255 g/mol. The largest absolute Gasteiger partial charge is 0.393 e. The van der Waals surface area contributed by atoms with Crippen LogP contribution in [0.2, 0.25) is 0 Å². The first-order valence-corrected chi connectivity index (χ1v) is 7.69. The van der Waals surface area contributed by atoms with Gasteiger partial charge in [0, 0.05) is 12.6 Å². The van der Waals surface area contributed by atoms with E-state index in [2.05, 4.69) is 12.2 Å². The lowest BCUT2D eigenvalue weighted by Crippen LogP contribution is -2.38. The summed E-state index contributed by atoms with van der Waals surface area (Å²) in [7, 11) is 0. The van der Waals surface area contributed by atoms with Crippen molar-refractivity contribution in [1.82, 2.24) is 5.32 Å². The highest BCUT2D eigenvalue weighted by Crippen LogP contribution is 2.41. The van der Waals surface area contributed by atoms with E-state index in [4.69, 9.17) is 4.74 Å². The van der Waals surface area contributed by atoms with Crippen LogP contribution < -0.4 is 5.32 Å². The van der Waals surface area contributed by atoms with Gasteiger partial charge in [-0.15, -0.1) is 0 Å². The first-order valence-electron chi connectivity index (χ1n) is 7.69. The van der Waals surface area contributed by atoms with E-state index in [-0.39, 0.29) is 11.7 Å². The molecule has 3 nitrogen and oxygen atoms in total. The number of nitrogens with one attached hydrogen (secondary N) is 1. The summed E-state index contributed by atoms with van der Waals surface area (Å²) >= 11 is 0. The molecule has 1 spiro atoms. The van der Waals surface area contributed by atoms with Crippen LogP contribution in [0.25, 0.3) is 0 Å². The molecule has 0 aromatic rings. The van der Waals surface area contributed by atoms with Crippen molar-refractivity contribution in [3.8, 4) is 0 Å². The molecule has 0 radical (unpaired) electrons. The molecule has 1 aliphatic carbocycles. The van der Waals surface area contributed by atoms with Crippen molar-refractivity contribution >= 4 is 0 Å². The number of hydrogen-bond donors (Lipinski definition) is 2. The maximum atomic E-state index is 9.34. The van der Waals surface area contributed by atoms with Gasteiger partial charge in [-0.3, -0.25) is 0 Å². The predicted molar refractivity (Wildman–Crippen MR) is 73.7 cm³/mol. The Morgan fingerprint density at radius 2 is 1.94 bits per heavy atom. The summed E-state index contributed by atoms with van der Waals surface area (Å²) in [6, 6.07) is 0.372. The normalized spacial score (nSPS) is 30.5. The minimum atomic E-state index is -0.221. The lowest BCUT2D eigenvalue weighted by molar-refractivity contribution is -0.0630. The first-order chi connectivity index (χ1) is 8.60. The Labute approximate surface area is 111 Å². The average Bonchev–Trinajstić information content (AvgIpc) is 2.70. The van der Waals surface area contributed by atoms with Gasteiger partial charge in [-0.1, -0.05) is 19.3 Å². The molecular weight excluding hydrogens is 226 g/mol. The van der Waals surface area contributed by atoms with Crippen LogP contribution in [0.5, 0.6) is 0 Å². The Balaban J connectivity index is 1.69. The summed E-state index contributed by atoms with van der Waals surface area (Å²) in [5.74, 6) is 0. The topological polar surface area (TPSA) is 41.5 Å². The van der Waals surface area contributed by atoms with Crippen molar-refractivity contribution < 1.29 is 9.84 Å². The second-order valence-electron chi connectivity index (χ2n) is 6.42. The van der Waals surface area contributed by atoms with Crippen molar-refractivity contribution in [2.75, 3.05) is 6.54 Å². The molecule has 0 aromatic carbocycles. The van der Waals surface area contributed by atoms with Gasteiger partial charge in [0.15, 0.2) is 0 Å². The van der Waals surface area contributed by atoms with Gasteiger partial charge < -0.3 is 15.2 Å². The van der Waals surface area contributed by atoms with Crippen molar-refractivity contribution in [1.29, 1.82) is 0 Å². The monoisotopic (exact) mass is 255 g/mol. The van der Waals surface area contributed by atoms with E-state index in [0.717, 1.165) is 13.0 Å². The van der Waals surface area contributed by atoms with Gasteiger partial charge >= 0.3 is 0 Å². The smallest absolute Gasteiger partial charge is 0.0708 e. The molecular formula is C15H29NO2. The molecule has 1 saturated heterocycles. The molecule has 1 aliphatic heterocycles. The maximum absolute atomic E-state index is 9.34. The van der Waals surface area contributed by atoms with Crippen LogP contribution in [-0.4, -0.2) is 35.5 Å². The Bertz CT molecular complexity index is 249. The van der Waals surface area contributed by atoms with E-state index >= 15 is 0 Å². The summed E-state index contributed by atoms with van der Waals surface area (Å²) in [5.41, 5.74) is 0.234. The maximum Gasteiger partial charge on any atom is 0.0708 e. The highest BCUT2D eigenvalue weighted by atomic mass is 16.5. The lowest BCUT2D eigenvalue weighted by Gasteiger charge is -2.33. The van der Waals surface area contributed by atoms with Gasteiger partial charge in [-0.2, -0.15) is 0 Å². The lowest BCUT2D eigenvalue weighted by atomic mass is 9.83. The Morgan fingerprint density at radius 3 is 2.61 bits per heavy atom. The van der Waals surface area contributed by atoms with Crippen LogP contribution in [-0.2, 0) is 4.74 Å². The molecule has 2 rings (SSSR count). The van der Waals surface area contributed by atoms with E-state index in [9.17, 15) is 5.11 Å². The van der Waals surface area contributed by atoms with E-state index in [1.807, 2.05) is 6.92 Å². The fourth-order valence-corrected chi connectivity index (χ4v) is 3.53. The second-order valence-corrected chi connectivity index (χ2v) is 6.42. The standard InChI is InChI=1S/C15H29NO2/c1-12(10-13(2)17)16-11-14-6-9-15(18-14)7-4-3-5-8-15/h12-14,16-17H,3-11H2,1-2H3. The minimum Gasteiger partial charge on any atom is -0.393 e. The predicted octanol–water partition coefficient (Wildman–Crippen LogP) is 2.62. The van der Waals surface area contributed by atoms with Gasteiger partial charge in [0.25, 0.3) is 0 Å². The summed E-state index contributed by atoms with van der Waals surface area (Å²) < 4.78 is 6.32. The highest BCUT2D eigenvalue weighted by molar-refractivity contribution is 4.92.